The van der Waals surface area contributed by atoms with Gasteiger partial charge in [-0.1, -0.05) is 6.92 Å². The SMILES string of the molecule is CC\C=C(F)/C=N\N=C/C=N. The second-order valence-electron chi connectivity index (χ2n) is 1.67. The van der Waals surface area contributed by atoms with Crippen LogP contribution in [0.3, 0.4) is 0 Å². The van der Waals surface area contributed by atoms with E-state index < -0.39 is 5.83 Å². The molecule has 60 valence electrons. The van der Waals surface area contributed by atoms with E-state index in [0.29, 0.717) is 6.42 Å². The predicted octanol–water partition coefficient (Wildman–Crippen LogP) is 1.96. The average molecular weight is 155 g/mol. The van der Waals surface area contributed by atoms with Crippen molar-refractivity contribution in [2.45, 2.75) is 13.3 Å². The molecule has 0 radical (unpaired) electrons. The van der Waals surface area contributed by atoms with Gasteiger partial charge in [0.25, 0.3) is 0 Å². The van der Waals surface area contributed by atoms with E-state index in [1.165, 1.54) is 6.08 Å². The maximum absolute atomic E-state index is 12.4. The number of halogens is 1. The minimum absolute atomic E-state index is 0.408. The minimum atomic E-state index is -0.408. The molecule has 0 aromatic heterocycles. The molecular formula is C7H10FN3. The Hall–Kier alpha value is -1.32. The van der Waals surface area contributed by atoms with Crippen LogP contribution in [0.5, 0.6) is 0 Å². The predicted molar refractivity (Wildman–Crippen MR) is 45.2 cm³/mol. The molecular weight excluding hydrogens is 145 g/mol. The van der Waals surface area contributed by atoms with E-state index in [9.17, 15) is 4.39 Å². The van der Waals surface area contributed by atoms with Crippen molar-refractivity contribution < 1.29 is 4.39 Å². The van der Waals surface area contributed by atoms with Crippen LogP contribution in [0.2, 0.25) is 0 Å². The minimum Gasteiger partial charge on any atom is -0.307 e. The summed E-state index contributed by atoms with van der Waals surface area (Å²) in [5.41, 5.74) is 0. The second kappa shape index (κ2) is 6.80. The molecule has 0 spiro atoms. The fraction of sp³-hybridized carbons (Fsp3) is 0.286. The van der Waals surface area contributed by atoms with Crippen molar-refractivity contribution in [3.05, 3.63) is 11.9 Å². The zero-order valence-corrected chi connectivity index (χ0v) is 6.29. The van der Waals surface area contributed by atoms with Crippen LogP contribution in [0.15, 0.2) is 22.1 Å². The van der Waals surface area contributed by atoms with Crippen LogP contribution in [-0.4, -0.2) is 18.6 Å². The van der Waals surface area contributed by atoms with E-state index >= 15 is 0 Å². The largest absolute Gasteiger partial charge is 0.307 e. The molecule has 0 saturated carbocycles. The van der Waals surface area contributed by atoms with Crippen LogP contribution in [0.1, 0.15) is 13.3 Å². The fourth-order valence-electron chi connectivity index (χ4n) is 0.408. The van der Waals surface area contributed by atoms with Gasteiger partial charge in [-0.15, -0.1) is 0 Å². The van der Waals surface area contributed by atoms with Crippen molar-refractivity contribution in [1.82, 2.24) is 0 Å². The van der Waals surface area contributed by atoms with Crippen LogP contribution in [0.25, 0.3) is 0 Å². The summed E-state index contributed by atoms with van der Waals surface area (Å²) in [5.74, 6) is -0.408. The Morgan fingerprint density at radius 1 is 1.55 bits per heavy atom. The lowest BCUT2D eigenvalue weighted by molar-refractivity contribution is 0.680. The normalized spacial score (nSPS) is 13.1. The van der Waals surface area contributed by atoms with Crippen LogP contribution in [-0.2, 0) is 0 Å². The van der Waals surface area contributed by atoms with Gasteiger partial charge in [0.1, 0.15) is 5.83 Å². The highest BCUT2D eigenvalue weighted by Crippen LogP contribution is 1.93. The summed E-state index contributed by atoms with van der Waals surface area (Å²) in [6.07, 6.45) is 5.16. The van der Waals surface area contributed by atoms with E-state index in [0.717, 1.165) is 18.6 Å². The first-order valence-corrected chi connectivity index (χ1v) is 3.22. The van der Waals surface area contributed by atoms with Crippen molar-refractivity contribution in [1.29, 1.82) is 5.41 Å². The third kappa shape index (κ3) is 6.57. The van der Waals surface area contributed by atoms with Crippen LogP contribution in [0.4, 0.5) is 4.39 Å². The van der Waals surface area contributed by atoms with Gasteiger partial charge in [0.2, 0.25) is 0 Å². The standard InChI is InChI=1S/C7H10FN3/c1-2-3-7(8)6-11-10-5-4-9/h3-6,9H,2H2,1H3/b7-3+,9-4?,10-5-,11-6-. The Morgan fingerprint density at radius 3 is 2.82 bits per heavy atom. The third-order valence-corrected chi connectivity index (χ3v) is 0.788. The van der Waals surface area contributed by atoms with Crippen molar-refractivity contribution in [2.24, 2.45) is 10.2 Å². The molecule has 0 saturated heterocycles. The number of nitrogens with zero attached hydrogens (tertiary/aromatic N) is 2. The molecule has 11 heavy (non-hydrogen) atoms. The van der Waals surface area contributed by atoms with Crippen LogP contribution < -0.4 is 0 Å². The number of hydrogen-bond acceptors (Lipinski definition) is 3. The Labute approximate surface area is 64.9 Å². The molecule has 0 aliphatic carbocycles. The molecule has 0 aliphatic rings. The van der Waals surface area contributed by atoms with Gasteiger partial charge < -0.3 is 5.41 Å². The molecule has 0 amide bonds. The van der Waals surface area contributed by atoms with Gasteiger partial charge in [0, 0.05) is 6.21 Å². The number of nitrogens with one attached hydrogen (secondary N) is 1. The summed E-state index contributed by atoms with van der Waals surface area (Å²) in [6, 6.07) is 0. The number of rotatable bonds is 4. The molecule has 4 heteroatoms. The monoisotopic (exact) mass is 155 g/mol. The molecule has 0 heterocycles. The van der Waals surface area contributed by atoms with E-state index in [-0.39, 0.29) is 0 Å². The molecule has 0 unspecified atom stereocenters. The summed E-state index contributed by atoms with van der Waals surface area (Å²) in [6.45, 7) is 1.83. The molecule has 1 N–H and O–H groups in total. The van der Waals surface area contributed by atoms with Gasteiger partial charge in [0.05, 0.1) is 12.4 Å². The molecule has 0 aliphatic heterocycles. The van der Waals surface area contributed by atoms with Crippen molar-refractivity contribution >= 4 is 18.6 Å². The van der Waals surface area contributed by atoms with Gasteiger partial charge in [-0.2, -0.15) is 10.2 Å². The molecule has 3 nitrogen and oxygen atoms in total. The maximum Gasteiger partial charge on any atom is 0.139 e. The highest BCUT2D eigenvalue weighted by Gasteiger charge is 1.82. The third-order valence-electron chi connectivity index (χ3n) is 0.788. The lowest BCUT2D eigenvalue weighted by Gasteiger charge is -1.80. The summed E-state index contributed by atoms with van der Waals surface area (Å²) >= 11 is 0. The van der Waals surface area contributed by atoms with E-state index in [1.807, 2.05) is 6.92 Å². The maximum atomic E-state index is 12.4. The lowest BCUT2D eigenvalue weighted by Crippen LogP contribution is -1.74. The summed E-state index contributed by atoms with van der Waals surface area (Å²) < 4.78 is 12.4. The van der Waals surface area contributed by atoms with Crippen LogP contribution >= 0.6 is 0 Å². The lowest BCUT2D eigenvalue weighted by atomic mass is 10.4. The zero-order chi connectivity index (χ0) is 8.53. The Bertz CT molecular complexity index is 194. The Kier molecular flexibility index (Phi) is 5.98. The van der Waals surface area contributed by atoms with Crippen molar-refractivity contribution in [3.63, 3.8) is 0 Å². The molecule has 0 bridgehead atoms. The highest BCUT2D eigenvalue weighted by atomic mass is 19.1. The summed E-state index contributed by atoms with van der Waals surface area (Å²) in [7, 11) is 0. The van der Waals surface area contributed by atoms with Gasteiger partial charge in [0.15, 0.2) is 0 Å². The van der Waals surface area contributed by atoms with Crippen molar-refractivity contribution in [2.75, 3.05) is 0 Å². The molecule has 0 atom stereocenters. The highest BCUT2D eigenvalue weighted by molar-refractivity contribution is 6.14. The first-order chi connectivity index (χ1) is 5.31. The first kappa shape index (κ1) is 9.68. The smallest absolute Gasteiger partial charge is 0.139 e. The number of allylic oxidation sites excluding steroid dienone is 2. The first-order valence-electron chi connectivity index (χ1n) is 3.22. The quantitative estimate of drug-likeness (QED) is 0.476. The zero-order valence-electron chi connectivity index (χ0n) is 6.29. The second-order valence-corrected chi connectivity index (χ2v) is 1.67. The van der Waals surface area contributed by atoms with Crippen molar-refractivity contribution in [3.8, 4) is 0 Å². The van der Waals surface area contributed by atoms with E-state index in [1.54, 1.807) is 0 Å². The molecule has 0 fully saturated rings. The van der Waals surface area contributed by atoms with E-state index in [4.69, 9.17) is 5.41 Å². The van der Waals surface area contributed by atoms with Gasteiger partial charge >= 0.3 is 0 Å². The summed E-state index contributed by atoms with van der Waals surface area (Å²) in [5, 5.41) is 13.2. The molecule has 0 aromatic rings. The number of hydrogen-bond donors (Lipinski definition) is 1. The Balaban J connectivity index is 3.82. The van der Waals surface area contributed by atoms with Gasteiger partial charge in [-0.25, -0.2) is 4.39 Å². The molecule has 0 rings (SSSR count). The molecule has 0 aromatic carbocycles. The fourth-order valence-corrected chi connectivity index (χ4v) is 0.408. The van der Waals surface area contributed by atoms with E-state index in [2.05, 4.69) is 10.2 Å². The average Bonchev–Trinajstić information content (AvgIpc) is 1.99. The summed E-state index contributed by atoms with van der Waals surface area (Å²) in [4.78, 5) is 0. The Morgan fingerprint density at radius 2 is 2.27 bits per heavy atom. The van der Waals surface area contributed by atoms with Gasteiger partial charge in [-0.05, 0) is 12.5 Å². The topological polar surface area (TPSA) is 48.6 Å². The van der Waals surface area contributed by atoms with Crippen LogP contribution in [0, 0.1) is 5.41 Å². The van der Waals surface area contributed by atoms with Gasteiger partial charge in [-0.3, -0.25) is 0 Å².